The van der Waals surface area contributed by atoms with Gasteiger partial charge in [0.05, 0.1) is 21.9 Å². The first kappa shape index (κ1) is 20.7. The molecule has 30 heavy (non-hydrogen) atoms. The maximum Gasteiger partial charge on any atom is 0.270 e. The molecule has 0 atom stereocenters. The van der Waals surface area contributed by atoms with Crippen molar-refractivity contribution in [2.45, 2.75) is 39.2 Å². The molecule has 4 rings (SSSR count). The second-order valence-electron chi connectivity index (χ2n) is 8.21. The van der Waals surface area contributed by atoms with E-state index in [2.05, 4.69) is 27.0 Å². The van der Waals surface area contributed by atoms with Crippen molar-refractivity contribution in [1.82, 2.24) is 9.88 Å². The SMILES string of the molecule is CC1CCN(c2ccc([N+](=O)[O-])cc2C(=O)Nc2nc(CN3CCCC3)cs2)CC1. The molecule has 0 saturated carbocycles. The molecular weight excluding hydrogens is 402 g/mol. The topological polar surface area (TPSA) is 91.6 Å². The molecule has 2 aromatic rings. The van der Waals surface area contributed by atoms with E-state index < -0.39 is 4.92 Å². The molecule has 3 heterocycles. The number of hydrogen-bond acceptors (Lipinski definition) is 7. The quantitative estimate of drug-likeness (QED) is 0.548. The minimum atomic E-state index is -0.462. The lowest BCUT2D eigenvalue weighted by molar-refractivity contribution is -0.384. The zero-order valence-corrected chi connectivity index (χ0v) is 18.0. The van der Waals surface area contributed by atoms with E-state index in [9.17, 15) is 14.9 Å². The first-order valence-electron chi connectivity index (χ1n) is 10.5. The first-order valence-corrected chi connectivity index (χ1v) is 11.4. The number of carbonyl (C=O) groups is 1. The zero-order chi connectivity index (χ0) is 21.1. The molecule has 160 valence electrons. The highest BCUT2D eigenvalue weighted by atomic mass is 32.1. The van der Waals surface area contributed by atoms with E-state index in [0.717, 1.165) is 56.9 Å². The summed E-state index contributed by atoms with van der Waals surface area (Å²) in [6, 6.07) is 4.55. The van der Waals surface area contributed by atoms with Crippen LogP contribution in [0.4, 0.5) is 16.5 Å². The largest absolute Gasteiger partial charge is 0.371 e. The Labute approximate surface area is 180 Å². The van der Waals surface area contributed by atoms with E-state index in [-0.39, 0.29) is 11.6 Å². The molecule has 9 heteroatoms. The van der Waals surface area contributed by atoms with E-state index in [0.29, 0.717) is 16.6 Å². The maximum absolute atomic E-state index is 13.1. The van der Waals surface area contributed by atoms with Crippen LogP contribution in [0.3, 0.4) is 0 Å². The summed E-state index contributed by atoms with van der Waals surface area (Å²) >= 11 is 1.39. The molecule has 1 amide bonds. The fraction of sp³-hybridized carbons (Fsp3) is 0.524. The van der Waals surface area contributed by atoms with Gasteiger partial charge in [-0.1, -0.05) is 6.92 Å². The van der Waals surface area contributed by atoms with Crippen LogP contribution in [0, 0.1) is 16.0 Å². The molecule has 2 aliphatic rings. The number of hydrogen-bond donors (Lipinski definition) is 1. The lowest BCUT2D eigenvalue weighted by atomic mass is 9.98. The molecule has 1 aromatic heterocycles. The maximum atomic E-state index is 13.1. The standard InChI is InChI=1S/C21H27N5O3S/c1-15-6-10-25(11-7-15)19-5-4-17(26(28)29)12-18(19)20(27)23-21-22-16(14-30-21)13-24-8-2-3-9-24/h4-5,12,14-15H,2-3,6-11,13H2,1H3,(H,22,23,27). The van der Waals surface area contributed by atoms with Gasteiger partial charge in [-0.25, -0.2) is 4.98 Å². The van der Waals surface area contributed by atoms with E-state index in [1.165, 1.54) is 36.3 Å². The van der Waals surface area contributed by atoms with Gasteiger partial charge >= 0.3 is 0 Å². The highest BCUT2D eigenvalue weighted by Gasteiger charge is 2.24. The summed E-state index contributed by atoms with van der Waals surface area (Å²) in [6.07, 6.45) is 4.53. The highest BCUT2D eigenvalue weighted by molar-refractivity contribution is 7.14. The highest BCUT2D eigenvalue weighted by Crippen LogP contribution is 2.30. The van der Waals surface area contributed by atoms with Crippen molar-refractivity contribution in [3.63, 3.8) is 0 Å². The summed E-state index contributed by atoms with van der Waals surface area (Å²) < 4.78 is 0. The Morgan fingerprint density at radius 3 is 2.70 bits per heavy atom. The van der Waals surface area contributed by atoms with Gasteiger partial charge in [-0.3, -0.25) is 25.1 Å². The molecule has 0 spiro atoms. The zero-order valence-electron chi connectivity index (χ0n) is 17.2. The third kappa shape index (κ3) is 4.79. The summed E-state index contributed by atoms with van der Waals surface area (Å²) in [6.45, 7) is 6.88. The Balaban J connectivity index is 1.52. The molecule has 0 unspecified atom stereocenters. The molecule has 1 N–H and O–H groups in total. The monoisotopic (exact) mass is 429 g/mol. The Hall–Kier alpha value is -2.52. The number of non-ortho nitro benzene ring substituents is 1. The predicted octanol–water partition coefficient (Wildman–Crippen LogP) is 4.14. The van der Waals surface area contributed by atoms with E-state index in [1.807, 2.05) is 5.38 Å². The Bertz CT molecular complexity index is 917. The number of nitro groups is 1. The van der Waals surface area contributed by atoms with Crippen molar-refractivity contribution in [2.75, 3.05) is 36.4 Å². The molecular formula is C21H27N5O3S. The fourth-order valence-electron chi connectivity index (χ4n) is 4.12. The molecule has 2 aliphatic heterocycles. The minimum absolute atomic E-state index is 0.0804. The van der Waals surface area contributed by atoms with Crippen LogP contribution in [0.2, 0.25) is 0 Å². The van der Waals surface area contributed by atoms with Crippen molar-refractivity contribution in [2.24, 2.45) is 5.92 Å². The second-order valence-corrected chi connectivity index (χ2v) is 9.07. The summed E-state index contributed by atoms with van der Waals surface area (Å²) in [4.78, 5) is 32.9. The molecule has 1 aromatic carbocycles. The summed E-state index contributed by atoms with van der Waals surface area (Å²) in [5.74, 6) is 0.301. The van der Waals surface area contributed by atoms with Gasteiger partial charge in [-0.2, -0.15) is 0 Å². The van der Waals surface area contributed by atoms with E-state index >= 15 is 0 Å². The number of rotatable bonds is 6. The van der Waals surface area contributed by atoms with Crippen LogP contribution >= 0.6 is 11.3 Å². The van der Waals surface area contributed by atoms with Crippen LogP contribution in [0.25, 0.3) is 0 Å². The number of piperidine rings is 1. The molecule has 8 nitrogen and oxygen atoms in total. The molecule has 0 radical (unpaired) electrons. The van der Waals surface area contributed by atoms with Gasteiger partial charge in [0, 0.05) is 37.1 Å². The van der Waals surface area contributed by atoms with Crippen molar-refractivity contribution < 1.29 is 9.72 Å². The number of nitrogens with zero attached hydrogens (tertiary/aromatic N) is 4. The summed E-state index contributed by atoms with van der Waals surface area (Å²) in [7, 11) is 0. The lowest BCUT2D eigenvalue weighted by Gasteiger charge is -2.33. The van der Waals surface area contributed by atoms with Crippen molar-refractivity contribution >= 4 is 33.8 Å². The van der Waals surface area contributed by atoms with Crippen LogP contribution in [0.5, 0.6) is 0 Å². The van der Waals surface area contributed by atoms with Crippen molar-refractivity contribution in [3.8, 4) is 0 Å². The molecule has 2 fully saturated rings. The predicted molar refractivity (Wildman–Crippen MR) is 118 cm³/mol. The summed E-state index contributed by atoms with van der Waals surface area (Å²) in [5, 5.41) is 16.6. The van der Waals surface area contributed by atoms with Crippen molar-refractivity contribution in [3.05, 3.63) is 45.0 Å². The molecule has 2 saturated heterocycles. The van der Waals surface area contributed by atoms with Crippen molar-refractivity contribution in [1.29, 1.82) is 0 Å². The Morgan fingerprint density at radius 2 is 2.00 bits per heavy atom. The average molecular weight is 430 g/mol. The van der Waals surface area contributed by atoms with Crippen LogP contribution in [0.1, 0.15) is 48.7 Å². The van der Waals surface area contributed by atoms with E-state index in [1.54, 1.807) is 6.07 Å². The molecule has 0 aliphatic carbocycles. The van der Waals surface area contributed by atoms with Gasteiger partial charge in [0.25, 0.3) is 11.6 Å². The van der Waals surface area contributed by atoms with Crippen LogP contribution in [-0.4, -0.2) is 46.9 Å². The van der Waals surface area contributed by atoms with Gasteiger partial charge in [0.1, 0.15) is 0 Å². The number of benzene rings is 1. The number of amides is 1. The van der Waals surface area contributed by atoms with Gasteiger partial charge in [-0.15, -0.1) is 11.3 Å². The van der Waals surface area contributed by atoms with Gasteiger partial charge < -0.3 is 4.90 Å². The number of likely N-dealkylation sites (tertiary alicyclic amines) is 1. The Morgan fingerprint density at radius 1 is 1.27 bits per heavy atom. The third-order valence-corrected chi connectivity index (χ3v) is 6.72. The minimum Gasteiger partial charge on any atom is -0.371 e. The average Bonchev–Trinajstić information content (AvgIpc) is 3.40. The van der Waals surface area contributed by atoms with Gasteiger partial charge in [-0.05, 0) is 50.8 Å². The fourth-order valence-corrected chi connectivity index (χ4v) is 4.81. The number of carbonyl (C=O) groups excluding carboxylic acids is 1. The smallest absolute Gasteiger partial charge is 0.270 e. The van der Waals surface area contributed by atoms with E-state index in [4.69, 9.17) is 0 Å². The number of anilines is 2. The third-order valence-electron chi connectivity index (χ3n) is 5.92. The molecule has 0 bridgehead atoms. The number of nitrogens with one attached hydrogen (secondary N) is 1. The normalized spacial score (nSPS) is 18.0. The Kier molecular flexibility index (Phi) is 6.29. The van der Waals surface area contributed by atoms with Crippen LogP contribution in [-0.2, 0) is 6.54 Å². The van der Waals surface area contributed by atoms with Gasteiger partial charge in [0.2, 0.25) is 0 Å². The summed E-state index contributed by atoms with van der Waals surface area (Å²) in [5.41, 5.74) is 1.94. The lowest BCUT2D eigenvalue weighted by Crippen LogP contribution is -2.34. The van der Waals surface area contributed by atoms with Gasteiger partial charge in [0.15, 0.2) is 5.13 Å². The first-order chi connectivity index (χ1) is 14.5. The number of aromatic nitrogens is 1. The number of thiazole rings is 1. The number of nitro benzene ring substituents is 1. The van der Waals surface area contributed by atoms with Crippen LogP contribution in [0.15, 0.2) is 23.6 Å². The second kappa shape index (κ2) is 9.09. The van der Waals surface area contributed by atoms with Crippen LogP contribution < -0.4 is 10.2 Å².